The number of benzene rings is 2. The number of carbonyl (C=O) groups is 1. The van der Waals surface area contributed by atoms with Crippen molar-refractivity contribution in [1.29, 1.82) is 0 Å². The van der Waals surface area contributed by atoms with Crippen molar-refractivity contribution >= 4 is 33.2 Å². The van der Waals surface area contributed by atoms with E-state index in [1.165, 1.54) is 25.0 Å². The van der Waals surface area contributed by atoms with E-state index in [1.807, 2.05) is 24.3 Å². The number of hydrogen-bond acceptors (Lipinski definition) is 2. The van der Waals surface area contributed by atoms with Crippen molar-refractivity contribution in [2.75, 3.05) is 23.3 Å². The fourth-order valence-corrected chi connectivity index (χ4v) is 3.16. The van der Waals surface area contributed by atoms with Crippen LogP contribution in [0, 0.1) is 5.82 Å². The summed E-state index contributed by atoms with van der Waals surface area (Å²) >= 11 is 3.21. The van der Waals surface area contributed by atoms with E-state index in [0.717, 1.165) is 24.5 Å². The first-order chi connectivity index (χ1) is 10.6. The SMILES string of the molecule is O=C(Nc1ccccc1N1CCCC1)c1cc(F)cc(Br)c1. The second-order valence-corrected chi connectivity index (χ2v) is 6.24. The maximum Gasteiger partial charge on any atom is 0.255 e. The molecule has 0 aromatic heterocycles. The molecule has 0 spiro atoms. The van der Waals surface area contributed by atoms with Gasteiger partial charge in [-0.15, -0.1) is 0 Å². The van der Waals surface area contributed by atoms with Crippen LogP contribution in [0.2, 0.25) is 0 Å². The fraction of sp³-hybridized carbons (Fsp3) is 0.235. The Morgan fingerprint density at radius 3 is 2.59 bits per heavy atom. The summed E-state index contributed by atoms with van der Waals surface area (Å²) in [6.07, 6.45) is 2.33. The van der Waals surface area contributed by atoms with Gasteiger partial charge in [0.15, 0.2) is 0 Å². The van der Waals surface area contributed by atoms with Crippen LogP contribution in [0.25, 0.3) is 0 Å². The molecule has 1 aliphatic rings. The quantitative estimate of drug-likeness (QED) is 0.875. The van der Waals surface area contributed by atoms with Crippen LogP contribution in [0.3, 0.4) is 0 Å². The molecule has 22 heavy (non-hydrogen) atoms. The Labute approximate surface area is 137 Å². The van der Waals surface area contributed by atoms with E-state index in [1.54, 1.807) is 6.07 Å². The summed E-state index contributed by atoms with van der Waals surface area (Å²) in [5.74, 6) is -0.751. The Kier molecular flexibility index (Phi) is 4.43. The monoisotopic (exact) mass is 362 g/mol. The fourth-order valence-electron chi connectivity index (χ4n) is 2.69. The Balaban J connectivity index is 1.85. The highest BCUT2D eigenvalue weighted by molar-refractivity contribution is 9.10. The number of halogens is 2. The van der Waals surface area contributed by atoms with Crippen LogP contribution in [0.1, 0.15) is 23.2 Å². The van der Waals surface area contributed by atoms with Gasteiger partial charge in [-0.1, -0.05) is 28.1 Å². The minimum atomic E-state index is -0.438. The number of carbonyl (C=O) groups excluding carboxylic acids is 1. The molecule has 0 unspecified atom stereocenters. The van der Waals surface area contributed by atoms with Gasteiger partial charge >= 0.3 is 0 Å². The summed E-state index contributed by atoms with van der Waals surface area (Å²) < 4.78 is 14.0. The number of para-hydroxylation sites is 2. The van der Waals surface area contributed by atoms with Crippen LogP contribution >= 0.6 is 15.9 Å². The first-order valence-electron chi connectivity index (χ1n) is 7.25. The smallest absolute Gasteiger partial charge is 0.255 e. The number of hydrogen-bond donors (Lipinski definition) is 1. The van der Waals surface area contributed by atoms with Crippen molar-refractivity contribution in [2.45, 2.75) is 12.8 Å². The molecule has 0 atom stereocenters. The van der Waals surface area contributed by atoms with E-state index in [9.17, 15) is 9.18 Å². The highest BCUT2D eigenvalue weighted by Gasteiger charge is 2.17. The Hall–Kier alpha value is -1.88. The van der Waals surface area contributed by atoms with Crippen LogP contribution in [0.5, 0.6) is 0 Å². The molecular formula is C17H16BrFN2O. The first kappa shape index (κ1) is 15.0. The summed E-state index contributed by atoms with van der Waals surface area (Å²) in [5.41, 5.74) is 2.07. The largest absolute Gasteiger partial charge is 0.370 e. The summed E-state index contributed by atoms with van der Waals surface area (Å²) in [4.78, 5) is 14.6. The van der Waals surface area contributed by atoms with Gasteiger partial charge in [0.05, 0.1) is 11.4 Å². The van der Waals surface area contributed by atoms with Crippen LogP contribution < -0.4 is 10.2 Å². The predicted molar refractivity (Wildman–Crippen MR) is 89.9 cm³/mol. The third-order valence-electron chi connectivity index (χ3n) is 3.72. The normalized spacial score (nSPS) is 14.2. The molecule has 3 rings (SSSR count). The maximum absolute atomic E-state index is 13.4. The van der Waals surface area contributed by atoms with Gasteiger partial charge in [-0.2, -0.15) is 0 Å². The third-order valence-corrected chi connectivity index (χ3v) is 4.18. The van der Waals surface area contributed by atoms with Gasteiger partial charge < -0.3 is 10.2 Å². The summed E-state index contributed by atoms with van der Waals surface area (Å²) in [6, 6.07) is 11.9. The molecule has 1 aliphatic heterocycles. The lowest BCUT2D eigenvalue weighted by Gasteiger charge is -2.21. The van der Waals surface area contributed by atoms with Gasteiger partial charge in [0.1, 0.15) is 5.82 Å². The number of nitrogens with one attached hydrogen (secondary N) is 1. The Morgan fingerprint density at radius 2 is 1.86 bits per heavy atom. The van der Waals surface area contributed by atoms with Crippen molar-refractivity contribution in [3.8, 4) is 0 Å². The average molecular weight is 363 g/mol. The highest BCUT2D eigenvalue weighted by atomic mass is 79.9. The van der Waals surface area contributed by atoms with Crippen LogP contribution in [-0.4, -0.2) is 19.0 Å². The molecule has 0 saturated carbocycles. The van der Waals surface area contributed by atoms with Gasteiger partial charge in [-0.25, -0.2) is 4.39 Å². The van der Waals surface area contributed by atoms with Crippen LogP contribution in [-0.2, 0) is 0 Å². The molecule has 1 amide bonds. The standard InChI is InChI=1S/C17H16BrFN2O/c18-13-9-12(10-14(19)11-13)17(22)20-15-5-1-2-6-16(15)21-7-3-4-8-21/h1-2,5-6,9-11H,3-4,7-8H2,(H,20,22). The van der Waals surface area contributed by atoms with Gasteiger partial charge in [0.2, 0.25) is 0 Å². The number of rotatable bonds is 3. The van der Waals surface area contributed by atoms with E-state index in [4.69, 9.17) is 0 Å². The second-order valence-electron chi connectivity index (χ2n) is 5.32. The highest BCUT2D eigenvalue weighted by Crippen LogP contribution is 2.29. The van der Waals surface area contributed by atoms with Crippen molar-refractivity contribution in [3.05, 3.63) is 58.3 Å². The molecule has 5 heteroatoms. The summed E-state index contributed by atoms with van der Waals surface area (Å²) in [7, 11) is 0. The molecule has 1 saturated heterocycles. The zero-order valence-electron chi connectivity index (χ0n) is 12.0. The van der Waals surface area contributed by atoms with Crippen molar-refractivity contribution in [1.82, 2.24) is 0 Å². The lowest BCUT2D eigenvalue weighted by Crippen LogP contribution is -2.21. The molecule has 0 radical (unpaired) electrons. The number of anilines is 2. The molecule has 3 nitrogen and oxygen atoms in total. The van der Waals surface area contributed by atoms with Gasteiger partial charge in [-0.3, -0.25) is 4.79 Å². The molecule has 114 valence electrons. The van der Waals surface area contributed by atoms with Gasteiger partial charge in [-0.05, 0) is 43.2 Å². The van der Waals surface area contributed by atoms with E-state index < -0.39 is 5.82 Å². The van der Waals surface area contributed by atoms with Crippen molar-refractivity contribution < 1.29 is 9.18 Å². The number of nitrogens with zero attached hydrogens (tertiary/aromatic N) is 1. The summed E-state index contributed by atoms with van der Waals surface area (Å²) in [5, 5.41) is 2.89. The van der Waals surface area contributed by atoms with E-state index in [0.29, 0.717) is 10.0 Å². The first-order valence-corrected chi connectivity index (χ1v) is 8.04. The lowest BCUT2D eigenvalue weighted by molar-refractivity contribution is 0.102. The third kappa shape index (κ3) is 3.30. The molecule has 1 heterocycles. The number of amides is 1. The maximum atomic E-state index is 13.4. The van der Waals surface area contributed by atoms with Crippen molar-refractivity contribution in [2.24, 2.45) is 0 Å². The zero-order valence-corrected chi connectivity index (χ0v) is 13.6. The summed E-state index contributed by atoms with van der Waals surface area (Å²) in [6.45, 7) is 2.00. The van der Waals surface area contributed by atoms with E-state index in [2.05, 4.69) is 26.1 Å². The topological polar surface area (TPSA) is 32.3 Å². The van der Waals surface area contributed by atoms with Crippen molar-refractivity contribution in [3.63, 3.8) is 0 Å². The Bertz CT molecular complexity index is 679. The second kappa shape index (κ2) is 6.48. The molecule has 1 fully saturated rings. The molecule has 0 aliphatic carbocycles. The minimum absolute atomic E-state index is 0.295. The van der Waals surface area contributed by atoms with Gasteiger partial charge in [0.25, 0.3) is 5.91 Å². The molecule has 0 bridgehead atoms. The zero-order chi connectivity index (χ0) is 15.5. The van der Waals surface area contributed by atoms with Gasteiger partial charge in [0, 0.05) is 23.1 Å². The van der Waals surface area contributed by atoms with Crippen LogP contribution in [0.15, 0.2) is 46.9 Å². The molecular weight excluding hydrogens is 347 g/mol. The van der Waals surface area contributed by atoms with E-state index >= 15 is 0 Å². The molecule has 2 aromatic carbocycles. The lowest BCUT2D eigenvalue weighted by atomic mass is 10.2. The molecule has 1 N–H and O–H groups in total. The predicted octanol–water partition coefficient (Wildman–Crippen LogP) is 4.44. The minimum Gasteiger partial charge on any atom is -0.370 e. The average Bonchev–Trinajstić information content (AvgIpc) is 3.01. The molecule has 2 aromatic rings. The van der Waals surface area contributed by atoms with Crippen LogP contribution in [0.4, 0.5) is 15.8 Å². The van der Waals surface area contributed by atoms with E-state index in [-0.39, 0.29) is 5.91 Å². The Morgan fingerprint density at radius 1 is 1.14 bits per heavy atom.